The number of aliphatic carboxylic acids is 1. The molecule has 5 nitrogen and oxygen atoms in total. The molecule has 0 aromatic rings. The molecule has 0 fully saturated rings. The van der Waals surface area contributed by atoms with Crippen molar-refractivity contribution in [3.63, 3.8) is 0 Å². The van der Waals surface area contributed by atoms with Gasteiger partial charge in [0.2, 0.25) is 0 Å². The van der Waals surface area contributed by atoms with Crippen LogP contribution in [-0.2, 0) is 31.0 Å². The van der Waals surface area contributed by atoms with E-state index >= 15 is 0 Å². The first-order valence-electron chi connectivity index (χ1n) is 1.79. The van der Waals surface area contributed by atoms with E-state index in [1.165, 1.54) is 0 Å². The van der Waals surface area contributed by atoms with Crippen molar-refractivity contribution in [1.29, 1.82) is 0 Å². The summed E-state index contributed by atoms with van der Waals surface area (Å²) < 4.78 is 0. The first kappa shape index (κ1) is 12.0. The Labute approximate surface area is 70.1 Å². The zero-order valence-corrected chi connectivity index (χ0v) is 6.86. The van der Waals surface area contributed by atoms with Crippen molar-refractivity contribution >= 4 is 5.97 Å². The van der Waals surface area contributed by atoms with Crippen molar-refractivity contribution in [3.05, 3.63) is 0 Å². The van der Waals surface area contributed by atoms with Crippen molar-refractivity contribution in [1.82, 2.24) is 0 Å². The van der Waals surface area contributed by atoms with E-state index < -0.39 is 18.4 Å². The maximum Gasteiger partial charge on any atom is 0.366 e. The van der Waals surface area contributed by atoms with Gasteiger partial charge in [-0.25, -0.2) is 4.79 Å². The zero-order chi connectivity index (χ0) is 6.78. The number of aliphatic hydroxyl groups is 3. The van der Waals surface area contributed by atoms with Gasteiger partial charge in [0.25, 0.3) is 5.79 Å². The van der Waals surface area contributed by atoms with Crippen molar-refractivity contribution in [2.45, 2.75) is 5.79 Å². The molecule has 0 atom stereocenters. The van der Waals surface area contributed by atoms with Crippen LogP contribution in [0, 0.1) is 0 Å². The third-order valence-electron chi connectivity index (χ3n) is 0.563. The Kier molecular flexibility index (Phi) is 5.47. The van der Waals surface area contributed by atoms with E-state index in [0.29, 0.717) is 0 Å². The molecule has 0 radical (unpaired) electrons. The molecule has 0 aliphatic carbocycles. The Bertz CT molecular complexity index is 100. The topological polar surface area (TPSA) is 98.0 Å². The monoisotopic (exact) mass is 212 g/mol. The number of carboxylic acids is 1. The van der Waals surface area contributed by atoms with Crippen molar-refractivity contribution in [3.8, 4) is 0 Å². The van der Waals surface area contributed by atoms with Gasteiger partial charge in [-0.05, 0) is 0 Å². The summed E-state index contributed by atoms with van der Waals surface area (Å²) in [5.74, 6) is -4.85. The van der Waals surface area contributed by atoms with Crippen LogP contribution in [0.1, 0.15) is 0 Å². The molecular weight excluding hydrogens is 207 g/mol. The molecule has 4 N–H and O–H groups in total. The molecule has 0 aromatic carbocycles. The maximum absolute atomic E-state index is 9.59. The second-order valence-corrected chi connectivity index (χ2v) is 1.28. The first-order chi connectivity index (χ1) is 3.50. The van der Waals surface area contributed by atoms with E-state index in [-0.39, 0.29) is 26.2 Å². The molecule has 0 aromatic heterocycles. The van der Waals surface area contributed by atoms with Crippen LogP contribution in [0.2, 0.25) is 0 Å². The minimum Gasteiger partial charge on any atom is -0.477 e. The molecule has 0 saturated carbocycles. The molecule has 0 rings (SSSR count). The molecule has 0 bridgehead atoms. The van der Waals surface area contributed by atoms with Gasteiger partial charge < -0.3 is 20.4 Å². The minimum atomic E-state index is -2.99. The van der Waals surface area contributed by atoms with E-state index in [4.69, 9.17) is 20.4 Å². The molecule has 9 heavy (non-hydrogen) atoms. The van der Waals surface area contributed by atoms with Crippen LogP contribution in [0.4, 0.5) is 0 Å². The average Bonchev–Trinajstić information content (AvgIpc) is 1.67. The van der Waals surface area contributed by atoms with Gasteiger partial charge in [-0.1, -0.05) is 0 Å². The summed E-state index contributed by atoms with van der Waals surface area (Å²) in [7, 11) is 0. The molecule has 52 valence electrons. The number of rotatable bonds is 2. The van der Waals surface area contributed by atoms with Crippen LogP contribution < -0.4 is 0 Å². The van der Waals surface area contributed by atoms with Crippen molar-refractivity contribution in [2.75, 3.05) is 6.61 Å². The molecule has 0 spiro atoms. The molecule has 0 saturated heterocycles. The van der Waals surface area contributed by atoms with Crippen LogP contribution in [0.15, 0.2) is 0 Å². The van der Waals surface area contributed by atoms with Gasteiger partial charge >= 0.3 is 5.97 Å². The summed E-state index contributed by atoms with van der Waals surface area (Å²) in [6, 6.07) is 0. The number of aliphatic hydroxyl groups excluding tert-OH is 1. The summed E-state index contributed by atoms with van der Waals surface area (Å²) >= 11 is 0. The van der Waals surface area contributed by atoms with Gasteiger partial charge in [0.05, 0.1) is 0 Å². The molecular formula is C3H6O5Zr. The standard InChI is InChI=1S/C3H6O5.Zr/c4-1-3(7,8)2(5)6;/h4,7-8H,1H2,(H,5,6);. The fourth-order valence-electron chi connectivity index (χ4n) is 0.0676. The van der Waals surface area contributed by atoms with E-state index in [2.05, 4.69) is 0 Å². The summed E-state index contributed by atoms with van der Waals surface area (Å²) in [6.07, 6.45) is 0. The smallest absolute Gasteiger partial charge is 0.366 e. The molecule has 0 heterocycles. The SMILES string of the molecule is O=C(O)C(O)(O)CO.[Zr]. The fourth-order valence-corrected chi connectivity index (χ4v) is 0.0676. The Balaban J connectivity index is 0. The fraction of sp³-hybridized carbons (Fsp3) is 0.667. The van der Waals surface area contributed by atoms with E-state index in [1.807, 2.05) is 0 Å². The van der Waals surface area contributed by atoms with Crippen LogP contribution in [0.25, 0.3) is 0 Å². The normalized spacial score (nSPS) is 10.1. The minimum absolute atomic E-state index is 0. The summed E-state index contributed by atoms with van der Waals surface area (Å²) in [6.45, 7) is -1.21. The molecule has 0 aliphatic rings. The quantitative estimate of drug-likeness (QED) is 0.388. The number of hydrogen-bond acceptors (Lipinski definition) is 4. The Hall–Kier alpha value is 0.233. The molecule has 0 amide bonds. The molecule has 0 unspecified atom stereocenters. The number of carboxylic acid groups (broad SMARTS) is 1. The van der Waals surface area contributed by atoms with E-state index in [9.17, 15) is 4.79 Å². The Morgan fingerprint density at radius 3 is 1.78 bits per heavy atom. The van der Waals surface area contributed by atoms with Crippen LogP contribution >= 0.6 is 0 Å². The average molecular weight is 213 g/mol. The van der Waals surface area contributed by atoms with E-state index in [1.54, 1.807) is 0 Å². The summed E-state index contributed by atoms with van der Waals surface area (Å²) in [4.78, 5) is 9.59. The van der Waals surface area contributed by atoms with Crippen LogP contribution in [0.3, 0.4) is 0 Å². The summed E-state index contributed by atoms with van der Waals surface area (Å²) in [5.41, 5.74) is 0. The van der Waals surface area contributed by atoms with Crippen LogP contribution in [-0.4, -0.2) is 38.8 Å². The molecule has 6 heteroatoms. The maximum atomic E-state index is 9.59. The van der Waals surface area contributed by atoms with Gasteiger partial charge in [0.1, 0.15) is 6.61 Å². The van der Waals surface area contributed by atoms with Gasteiger partial charge in [-0.15, -0.1) is 0 Å². The largest absolute Gasteiger partial charge is 0.477 e. The van der Waals surface area contributed by atoms with E-state index in [0.717, 1.165) is 0 Å². The van der Waals surface area contributed by atoms with Crippen LogP contribution in [0.5, 0.6) is 0 Å². The second kappa shape index (κ2) is 4.11. The van der Waals surface area contributed by atoms with Crippen molar-refractivity contribution < 1.29 is 51.4 Å². The van der Waals surface area contributed by atoms with Crippen molar-refractivity contribution in [2.24, 2.45) is 0 Å². The first-order valence-corrected chi connectivity index (χ1v) is 1.79. The van der Waals surface area contributed by atoms with Gasteiger partial charge in [0, 0.05) is 26.2 Å². The predicted molar refractivity (Wildman–Crippen MR) is 21.9 cm³/mol. The summed E-state index contributed by atoms with van der Waals surface area (Å²) in [5, 5.41) is 31.9. The van der Waals surface area contributed by atoms with Gasteiger partial charge in [0.15, 0.2) is 0 Å². The Morgan fingerprint density at radius 1 is 1.44 bits per heavy atom. The number of carbonyl (C=O) groups is 1. The zero-order valence-electron chi connectivity index (χ0n) is 4.40. The third kappa shape index (κ3) is 3.75. The predicted octanol–water partition coefficient (Wildman–Crippen LogP) is -2.26. The number of hydrogen-bond donors (Lipinski definition) is 4. The third-order valence-corrected chi connectivity index (χ3v) is 0.563. The Morgan fingerprint density at radius 2 is 1.78 bits per heavy atom. The van der Waals surface area contributed by atoms with Gasteiger partial charge in [-0.3, -0.25) is 0 Å². The second-order valence-electron chi connectivity index (χ2n) is 1.28. The molecule has 0 aliphatic heterocycles. The van der Waals surface area contributed by atoms with Gasteiger partial charge in [-0.2, -0.15) is 0 Å².